The number of hydrogen-bond donors (Lipinski definition) is 0. The molecule has 0 bridgehead atoms. The highest BCUT2D eigenvalue weighted by Crippen LogP contribution is 2.37. The van der Waals surface area contributed by atoms with E-state index in [0.717, 1.165) is 25.7 Å². The predicted molar refractivity (Wildman–Crippen MR) is 114 cm³/mol. The van der Waals surface area contributed by atoms with Gasteiger partial charge in [0.05, 0.1) is 12.6 Å². The van der Waals surface area contributed by atoms with Crippen LogP contribution in [0.2, 0.25) is 0 Å². The van der Waals surface area contributed by atoms with Gasteiger partial charge in [-0.15, -0.1) is 19.6 Å². The zero-order valence-corrected chi connectivity index (χ0v) is 17.8. The average molecular weight is 390 g/mol. The number of nitrogens with zero attached hydrogens (tertiary/aromatic N) is 1. The lowest BCUT2D eigenvalue weighted by Crippen LogP contribution is -2.42. The van der Waals surface area contributed by atoms with Gasteiger partial charge < -0.3 is 9.47 Å². The molecule has 0 aliphatic heterocycles. The molecular weight excluding hydrogens is 354 g/mol. The Morgan fingerprint density at radius 3 is 2.43 bits per heavy atom. The molecular formula is C23H35NO4. The van der Waals surface area contributed by atoms with Gasteiger partial charge in [-0.05, 0) is 36.8 Å². The van der Waals surface area contributed by atoms with Crippen LogP contribution in [0, 0.1) is 12.3 Å². The van der Waals surface area contributed by atoms with E-state index in [4.69, 9.17) is 15.9 Å². The van der Waals surface area contributed by atoms with Gasteiger partial charge in [0.25, 0.3) is 0 Å². The molecule has 1 amide bonds. The van der Waals surface area contributed by atoms with Crippen molar-refractivity contribution in [1.29, 1.82) is 0 Å². The maximum atomic E-state index is 12.4. The van der Waals surface area contributed by atoms with Crippen molar-refractivity contribution in [2.24, 2.45) is 0 Å². The van der Waals surface area contributed by atoms with E-state index >= 15 is 0 Å². The van der Waals surface area contributed by atoms with Gasteiger partial charge in [0.2, 0.25) is 6.29 Å². The van der Waals surface area contributed by atoms with Crippen molar-refractivity contribution in [1.82, 2.24) is 4.90 Å². The third-order valence-corrected chi connectivity index (χ3v) is 4.06. The minimum atomic E-state index is -0.924. The molecule has 5 heteroatoms. The molecule has 2 unspecified atom stereocenters. The Hall–Kier alpha value is -2.48. The standard InChI is InChI=1S/C18H23NO4.C3H8.C2H4/c1-4-12-19(18(21)23-13(3)22-17(20)5-2)16-11-10-14-8-6-7-9-15(14)16;1-3-2;1-2/h1,8-9,13,16H,5-7,10-12H2,2-3H3;3H2,1-2H3;1-2H2. The van der Waals surface area contributed by atoms with Gasteiger partial charge in [0.1, 0.15) is 0 Å². The monoisotopic (exact) mass is 389 g/mol. The summed E-state index contributed by atoms with van der Waals surface area (Å²) in [5, 5.41) is 0. The van der Waals surface area contributed by atoms with Crippen molar-refractivity contribution in [2.75, 3.05) is 6.54 Å². The average Bonchev–Trinajstić information content (AvgIpc) is 3.11. The Kier molecular flexibility index (Phi) is 13.3. The molecule has 0 radical (unpaired) electrons. The van der Waals surface area contributed by atoms with Crippen LogP contribution < -0.4 is 0 Å². The summed E-state index contributed by atoms with van der Waals surface area (Å²) in [6.07, 6.45) is 13.7. The van der Waals surface area contributed by atoms with Gasteiger partial charge in [0, 0.05) is 13.3 Å². The number of ether oxygens (including phenoxy) is 2. The molecule has 1 saturated carbocycles. The fourth-order valence-corrected chi connectivity index (χ4v) is 3.02. The number of esters is 1. The summed E-state index contributed by atoms with van der Waals surface area (Å²) in [7, 11) is 0. The second-order valence-corrected chi connectivity index (χ2v) is 6.35. The molecule has 0 aromatic heterocycles. The van der Waals surface area contributed by atoms with Crippen molar-refractivity contribution in [3.05, 3.63) is 36.5 Å². The minimum absolute atomic E-state index is 0.0563. The van der Waals surface area contributed by atoms with Crippen LogP contribution in [0.3, 0.4) is 0 Å². The van der Waals surface area contributed by atoms with Crippen LogP contribution in [-0.4, -0.2) is 35.8 Å². The van der Waals surface area contributed by atoms with E-state index in [1.165, 1.54) is 24.5 Å². The van der Waals surface area contributed by atoms with E-state index < -0.39 is 18.4 Å². The van der Waals surface area contributed by atoms with E-state index in [1.54, 1.807) is 11.8 Å². The Bertz CT molecular complexity index is 600. The number of carbonyl (C=O) groups excluding carboxylic acids is 2. The maximum Gasteiger partial charge on any atom is 0.414 e. The highest BCUT2D eigenvalue weighted by molar-refractivity contribution is 5.71. The number of carbonyl (C=O) groups is 2. The fraction of sp³-hybridized carbons (Fsp3) is 0.565. The molecule has 1 fully saturated rings. The van der Waals surface area contributed by atoms with Gasteiger partial charge in [0.15, 0.2) is 0 Å². The van der Waals surface area contributed by atoms with E-state index in [-0.39, 0.29) is 19.0 Å². The van der Waals surface area contributed by atoms with Gasteiger partial charge in [-0.25, -0.2) is 4.79 Å². The lowest BCUT2D eigenvalue weighted by Gasteiger charge is -2.29. The number of rotatable bonds is 5. The maximum absolute atomic E-state index is 12.4. The van der Waals surface area contributed by atoms with Crippen molar-refractivity contribution in [3.8, 4) is 12.3 Å². The summed E-state index contributed by atoms with van der Waals surface area (Å²) in [4.78, 5) is 25.3. The first kappa shape index (κ1) is 25.5. The SMILES string of the molecule is C#CCN(C(=O)OC(C)OC(=O)CC)C1CCC2=CCCC=C21.C=C.CCC. The highest BCUT2D eigenvalue weighted by Gasteiger charge is 2.34. The molecule has 0 aromatic rings. The van der Waals surface area contributed by atoms with E-state index in [2.05, 4.69) is 45.1 Å². The van der Waals surface area contributed by atoms with Crippen molar-refractivity contribution >= 4 is 12.1 Å². The van der Waals surface area contributed by atoms with Crippen LogP contribution in [0.4, 0.5) is 4.79 Å². The fourth-order valence-electron chi connectivity index (χ4n) is 3.02. The minimum Gasteiger partial charge on any atom is -0.425 e. The quantitative estimate of drug-likeness (QED) is 0.274. The zero-order chi connectivity index (χ0) is 21.5. The van der Waals surface area contributed by atoms with Gasteiger partial charge in [-0.2, -0.15) is 0 Å². The normalized spacial score (nSPS) is 17.6. The molecule has 156 valence electrons. The van der Waals surface area contributed by atoms with E-state index in [9.17, 15) is 9.59 Å². The van der Waals surface area contributed by atoms with Gasteiger partial charge >= 0.3 is 12.1 Å². The molecule has 0 N–H and O–H groups in total. The van der Waals surface area contributed by atoms with Crippen LogP contribution in [0.5, 0.6) is 0 Å². The largest absolute Gasteiger partial charge is 0.425 e. The molecule has 28 heavy (non-hydrogen) atoms. The summed E-state index contributed by atoms with van der Waals surface area (Å²) in [6, 6.07) is -0.0563. The number of amides is 1. The molecule has 0 saturated heterocycles. The van der Waals surface area contributed by atoms with E-state index in [1.807, 2.05) is 0 Å². The third-order valence-electron chi connectivity index (χ3n) is 4.06. The van der Waals surface area contributed by atoms with Crippen LogP contribution in [0.1, 0.15) is 66.2 Å². The summed E-state index contributed by atoms with van der Waals surface area (Å²) in [5.74, 6) is 2.11. The zero-order valence-electron chi connectivity index (χ0n) is 17.8. The molecule has 5 nitrogen and oxygen atoms in total. The third kappa shape index (κ3) is 8.04. The van der Waals surface area contributed by atoms with E-state index in [0.29, 0.717) is 0 Å². The number of hydrogen-bond acceptors (Lipinski definition) is 4. The molecule has 2 aliphatic rings. The van der Waals surface area contributed by atoms with Crippen LogP contribution in [-0.2, 0) is 14.3 Å². The Balaban J connectivity index is 0.00000133. The summed E-state index contributed by atoms with van der Waals surface area (Å²) in [6.45, 7) is 13.6. The first-order chi connectivity index (χ1) is 13.5. The molecule has 2 rings (SSSR count). The first-order valence-corrected chi connectivity index (χ1v) is 9.97. The predicted octanol–water partition coefficient (Wildman–Crippen LogP) is 5.38. The molecule has 2 atom stereocenters. The Morgan fingerprint density at radius 1 is 1.25 bits per heavy atom. The van der Waals surface area contributed by atoms with Crippen LogP contribution >= 0.6 is 0 Å². The van der Waals surface area contributed by atoms with Gasteiger partial charge in [-0.1, -0.05) is 45.3 Å². The second-order valence-electron chi connectivity index (χ2n) is 6.35. The molecule has 0 spiro atoms. The van der Waals surface area contributed by atoms with Crippen LogP contribution in [0.15, 0.2) is 36.5 Å². The number of allylic oxidation sites excluding steroid dienone is 2. The lowest BCUT2D eigenvalue weighted by atomic mass is 9.98. The highest BCUT2D eigenvalue weighted by atomic mass is 16.7. The molecule has 0 aromatic carbocycles. The topological polar surface area (TPSA) is 55.8 Å². The Labute approximate surface area is 170 Å². The summed E-state index contributed by atoms with van der Waals surface area (Å²) >= 11 is 0. The van der Waals surface area contributed by atoms with Gasteiger partial charge in [-0.3, -0.25) is 9.69 Å². The summed E-state index contributed by atoms with van der Waals surface area (Å²) < 4.78 is 10.2. The molecule has 2 aliphatic carbocycles. The number of terminal acetylenes is 1. The van der Waals surface area contributed by atoms with Crippen molar-refractivity contribution < 1.29 is 19.1 Å². The molecule has 0 heterocycles. The number of fused-ring (bicyclic) bond motifs is 1. The van der Waals surface area contributed by atoms with Crippen molar-refractivity contribution in [3.63, 3.8) is 0 Å². The second kappa shape index (κ2) is 14.6. The lowest BCUT2D eigenvalue weighted by molar-refractivity contribution is -0.165. The van der Waals surface area contributed by atoms with Crippen LogP contribution in [0.25, 0.3) is 0 Å². The smallest absolute Gasteiger partial charge is 0.414 e. The first-order valence-electron chi connectivity index (χ1n) is 9.97. The Morgan fingerprint density at radius 2 is 1.86 bits per heavy atom. The van der Waals surface area contributed by atoms with Crippen molar-refractivity contribution in [2.45, 2.75) is 78.6 Å². The summed E-state index contributed by atoms with van der Waals surface area (Å²) in [5.41, 5.74) is 2.49.